The van der Waals surface area contributed by atoms with Gasteiger partial charge in [-0.3, -0.25) is 4.79 Å². The quantitative estimate of drug-likeness (QED) is 0.473. The van der Waals surface area contributed by atoms with Crippen LogP contribution >= 0.6 is 11.3 Å². The third-order valence-electron chi connectivity index (χ3n) is 4.16. The second kappa shape index (κ2) is 8.59. The summed E-state index contributed by atoms with van der Waals surface area (Å²) in [4.78, 5) is 15.2. The highest BCUT2D eigenvalue weighted by Crippen LogP contribution is 2.42. The van der Waals surface area contributed by atoms with Gasteiger partial charge in [0.2, 0.25) is 0 Å². The Morgan fingerprint density at radius 1 is 1.07 bits per heavy atom. The summed E-state index contributed by atoms with van der Waals surface area (Å²) in [5.41, 5.74) is 7.52. The Bertz CT molecular complexity index is 1030. The predicted octanol–water partition coefficient (Wildman–Crippen LogP) is 4.51. The molecule has 0 atom stereocenters. The summed E-state index contributed by atoms with van der Waals surface area (Å²) in [5.74, 6) is -0.923. The summed E-state index contributed by atoms with van der Waals surface area (Å²) in [5, 5.41) is 8.94. The van der Waals surface area contributed by atoms with Gasteiger partial charge in [-0.15, -0.1) is 11.3 Å². The van der Waals surface area contributed by atoms with Gasteiger partial charge in [0.25, 0.3) is 5.91 Å². The molecule has 8 heteroatoms. The zero-order chi connectivity index (χ0) is 21.0. The van der Waals surface area contributed by atoms with Crippen molar-refractivity contribution in [2.75, 3.05) is 6.61 Å². The summed E-state index contributed by atoms with van der Waals surface area (Å²) in [6.07, 6.45) is -4.11. The Balaban J connectivity index is 1.92. The number of carbonyl (C=O) groups is 1. The predicted molar refractivity (Wildman–Crippen MR) is 107 cm³/mol. The normalized spacial score (nSPS) is 12.2. The first-order chi connectivity index (χ1) is 13.8. The minimum Gasteiger partial charge on any atom is -0.396 e. The standard InChI is InChI=1S/C21H17F3N2O2S/c22-21(23,24)18-16(14-4-2-1-3-5-14)12-17(29-18)20(28)26-19(25)15-8-6-13(7-9-15)10-11-27/h1-9,12,27H,10-11H2,(H2,25,26,28). The van der Waals surface area contributed by atoms with Gasteiger partial charge in [-0.05, 0) is 23.6 Å². The summed E-state index contributed by atoms with van der Waals surface area (Å²) in [6.45, 7) is 0.00503. The minimum atomic E-state index is -4.59. The molecule has 2 aromatic carbocycles. The largest absolute Gasteiger partial charge is 0.426 e. The van der Waals surface area contributed by atoms with Gasteiger partial charge < -0.3 is 10.8 Å². The highest BCUT2D eigenvalue weighted by molar-refractivity contribution is 7.14. The zero-order valence-electron chi connectivity index (χ0n) is 15.1. The third-order valence-corrected chi connectivity index (χ3v) is 5.33. The highest BCUT2D eigenvalue weighted by Gasteiger charge is 2.37. The molecule has 0 fully saturated rings. The molecule has 0 aliphatic carbocycles. The number of aliphatic hydroxyl groups excluding tert-OH is 1. The van der Waals surface area contributed by atoms with Crippen LogP contribution in [0.3, 0.4) is 0 Å². The van der Waals surface area contributed by atoms with Crippen LogP contribution < -0.4 is 5.73 Å². The second-order valence-corrected chi connectivity index (χ2v) is 7.24. The lowest BCUT2D eigenvalue weighted by Crippen LogP contribution is -2.15. The van der Waals surface area contributed by atoms with E-state index >= 15 is 0 Å². The van der Waals surface area contributed by atoms with Crippen molar-refractivity contribution in [2.45, 2.75) is 12.6 Å². The van der Waals surface area contributed by atoms with Gasteiger partial charge in [-0.2, -0.15) is 18.2 Å². The number of amides is 1. The number of hydrogen-bond donors (Lipinski definition) is 2. The number of alkyl halides is 3. The SMILES string of the molecule is NC(=NC(=O)c1cc(-c2ccccc2)c(C(F)(F)F)s1)c1ccc(CCO)cc1. The number of thiophene rings is 1. The monoisotopic (exact) mass is 418 g/mol. The maximum atomic E-state index is 13.5. The summed E-state index contributed by atoms with van der Waals surface area (Å²) in [6, 6.07) is 16.0. The fourth-order valence-corrected chi connectivity index (χ4v) is 3.67. The van der Waals surface area contributed by atoms with Crippen LogP contribution in [0.25, 0.3) is 11.1 Å². The topological polar surface area (TPSA) is 75.7 Å². The molecule has 1 amide bonds. The molecule has 0 aliphatic heterocycles. The average Bonchev–Trinajstić information content (AvgIpc) is 3.16. The number of carbonyl (C=O) groups excluding carboxylic acids is 1. The number of halogens is 3. The van der Waals surface area contributed by atoms with Crippen LogP contribution in [0, 0.1) is 0 Å². The molecule has 0 saturated carbocycles. The number of aliphatic hydroxyl groups is 1. The molecule has 0 aliphatic rings. The number of amidine groups is 1. The van der Waals surface area contributed by atoms with Gasteiger partial charge in [-0.1, -0.05) is 54.6 Å². The van der Waals surface area contributed by atoms with Crippen LogP contribution in [-0.4, -0.2) is 23.5 Å². The fourth-order valence-electron chi connectivity index (χ4n) is 2.74. The first-order valence-corrected chi connectivity index (χ1v) is 9.46. The van der Waals surface area contributed by atoms with E-state index in [0.717, 1.165) is 5.56 Å². The number of nitrogens with two attached hydrogens (primary N) is 1. The Labute approximate surface area is 169 Å². The number of nitrogens with zero attached hydrogens (tertiary/aromatic N) is 1. The molecule has 29 heavy (non-hydrogen) atoms. The van der Waals surface area contributed by atoms with Crippen LogP contribution in [0.15, 0.2) is 65.7 Å². The van der Waals surface area contributed by atoms with Crippen molar-refractivity contribution >= 4 is 23.1 Å². The van der Waals surface area contributed by atoms with Crippen LogP contribution in [0.4, 0.5) is 13.2 Å². The Morgan fingerprint density at radius 2 is 1.72 bits per heavy atom. The van der Waals surface area contributed by atoms with E-state index in [9.17, 15) is 18.0 Å². The van der Waals surface area contributed by atoms with Gasteiger partial charge in [-0.25, -0.2) is 0 Å². The van der Waals surface area contributed by atoms with E-state index < -0.39 is 17.0 Å². The molecular weight excluding hydrogens is 401 g/mol. The summed E-state index contributed by atoms with van der Waals surface area (Å²) in [7, 11) is 0. The number of aliphatic imine (C=N–C) groups is 1. The van der Waals surface area contributed by atoms with Crippen molar-refractivity contribution in [1.29, 1.82) is 0 Å². The van der Waals surface area contributed by atoms with Crippen molar-refractivity contribution in [2.24, 2.45) is 10.7 Å². The number of hydrogen-bond acceptors (Lipinski definition) is 3. The van der Waals surface area contributed by atoms with E-state index in [4.69, 9.17) is 10.8 Å². The zero-order valence-corrected chi connectivity index (χ0v) is 15.9. The Hall–Kier alpha value is -2.97. The van der Waals surface area contributed by atoms with Gasteiger partial charge in [0.05, 0.1) is 4.88 Å². The molecule has 1 aromatic heterocycles. The Morgan fingerprint density at radius 3 is 2.31 bits per heavy atom. The third kappa shape index (κ3) is 4.90. The van der Waals surface area contributed by atoms with Crippen molar-refractivity contribution in [3.05, 3.63) is 81.5 Å². The van der Waals surface area contributed by atoms with Gasteiger partial charge in [0.1, 0.15) is 10.7 Å². The molecule has 3 aromatic rings. The molecule has 4 nitrogen and oxygen atoms in total. The highest BCUT2D eigenvalue weighted by atomic mass is 32.1. The molecule has 0 radical (unpaired) electrons. The van der Waals surface area contributed by atoms with Crippen LogP contribution in [0.2, 0.25) is 0 Å². The summed E-state index contributed by atoms with van der Waals surface area (Å²) >= 11 is 0.351. The molecule has 150 valence electrons. The maximum Gasteiger partial charge on any atom is 0.426 e. The van der Waals surface area contributed by atoms with Crippen LogP contribution in [-0.2, 0) is 12.6 Å². The molecule has 0 unspecified atom stereocenters. The van der Waals surface area contributed by atoms with E-state index in [1.54, 1.807) is 54.6 Å². The van der Waals surface area contributed by atoms with Crippen molar-refractivity contribution < 1.29 is 23.1 Å². The first kappa shape index (κ1) is 20.8. The van der Waals surface area contributed by atoms with E-state index in [1.807, 2.05) is 0 Å². The summed E-state index contributed by atoms with van der Waals surface area (Å²) < 4.78 is 40.4. The molecule has 0 saturated heterocycles. The van der Waals surface area contributed by atoms with E-state index in [1.165, 1.54) is 6.07 Å². The number of benzene rings is 2. The van der Waals surface area contributed by atoms with Gasteiger partial charge in [0.15, 0.2) is 0 Å². The second-order valence-electron chi connectivity index (χ2n) is 6.19. The molecule has 1 heterocycles. The molecule has 3 N–H and O–H groups in total. The Kier molecular flexibility index (Phi) is 6.14. The van der Waals surface area contributed by atoms with Crippen LogP contribution in [0.5, 0.6) is 0 Å². The smallest absolute Gasteiger partial charge is 0.396 e. The molecule has 3 rings (SSSR count). The molecular formula is C21H17F3N2O2S. The lowest BCUT2D eigenvalue weighted by Gasteiger charge is -2.07. The lowest BCUT2D eigenvalue weighted by molar-refractivity contribution is -0.133. The van der Waals surface area contributed by atoms with E-state index in [-0.39, 0.29) is 22.9 Å². The van der Waals surface area contributed by atoms with Gasteiger partial charge >= 0.3 is 6.18 Å². The molecule has 0 spiro atoms. The minimum absolute atomic E-state index is 0.00503. The van der Waals surface area contributed by atoms with Crippen LogP contribution in [0.1, 0.15) is 25.7 Å². The number of rotatable bonds is 5. The average molecular weight is 418 g/mol. The van der Waals surface area contributed by atoms with Crippen molar-refractivity contribution in [3.8, 4) is 11.1 Å². The first-order valence-electron chi connectivity index (χ1n) is 8.64. The van der Waals surface area contributed by atoms with Crippen molar-refractivity contribution in [3.63, 3.8) is 0 Å². The lowest BCUT2D eigenvalue weighted by atomic mass is 10.1. The van der Waals surface area contributed by atoms with Crippen molar-refractivity contribution in [1.82, 2.24) is 0 Å². The van der Waals surface area contributed by atoms with E-state index in [0.29, 0.717) is 28.9 Å². The van der Waals surface area contributed by atoms with E-state index in [2.05, 4.69) is 4.99 Å². The molecule has 0 bridgehead atoms. The fraction of sp³-hybridized carbons (Fsp3) is 0.143. The maximum absolute atomic E-state index is 13.5. The van der Waals surface area contributed by atoms with Gasteiger partial charge in [0, 0.05) is 17.7 Å².